The van der Waals surface area contributed by atoms with E-state index in [1.165, 1.54) is 11.1 Å². The Bertz CT molecular complexity index is 581. The third-order valence-electron chi connectivity index (χ3n) is 2.94. The molecule has 0 aliphatic carbocycles. The molecule has 0 radical (unpaired) electrons. The van der Waals surface area contributed by atoms with E-state index in [4.69, 9.17) is 4.74 Å². The van der Waals surface area contributed by atoms with Crippen LogP contribution in [0.25, 0.3) is 0 Å². The predicted molar refractivity (Wildman–Crippen MR) is 88.4 cm³/mol. The van der Waals surface area contributed by atoms with E-state index < -0.39 is 0 Å². The first kappa shape index (κ1) is 14.9. The summed E-state index contributed by atoms with van der Waals surface area (Å²) in [5, 5.41) is 3.46. The van der Waals surface area contributed by atoms with Gasteiger partial charge >= 0.3 is 0 Å². The maximum absolute atomic E-state index is 5.71. The van der Waals surface area contributed by atoms with Crippen LogP contribution in [-0.4, -0.2) is 6.10 Å². The largest absolute Gasteiger partial charge is 0.491 e. The van der Waals surface area contributed by atoms with Crippen LogP contribution >= 0.6 is 15.9 Å². The highest BCUT2D eigenvalue weighted by molar-refractivity contribution is 9.10. The van der Waals surface area contributed by atoms with Gasteiger partial charge in [0, 0.05) is 16.7 Å². The highest BCUT2D eigenvalue weighted by Gasteiger charge is 2.01. The minimum Gasteiger partial charge on any atom is -0.491 e. The van der Waals surface area contributed by atoms with Crippen molar-refractivity contribution in [2.24, 2.45) is 0 Å². The SMILES string of the molecule is Cc1cc(Br)ccc1NCc1cccc(OC(C)C)c1. The Morgan fingerprint density at radius 3 is 2.65 bits per heavy atom. The van der Waals surface area contributed by atoms with Gasteiger partial charge in [0.05, 0.1) is 6.10 Å². The van der Waals surface area contributed by atoms with E-state index in [0.717, 1.165) is 22.5 Å². The second-order valence-corrected chi connectivity index (χ2v) is 6.04. The molecule has 106 valence electrons. The molecule has 0 amide bonds. The number of anilines is 1. The number of rotatable bonds is 5. The summed E-state index contributed by atoms with van der Waals surface area (Å²) in [6, 6.07) is 14.5. The molecule has 0 bridgehead atoms. The number of halogens is 1. The van der Waals surface area contributed by atoms with E-state index in [1.54, 1.807) is 0 Å². The lowest BCUT2D eigenvalue weighted by Gasteiger charge is -2.13. The first-order valence-electron chi connectivity index (χ1n) is 6.80. The fourth-order valence-corrected chi connectivity index (χ4v) is 2.50. The fraction of sp³-hybridized carbons (Fsp3) is 0.294. The molecule has 2 nitrogen and oxygen atoms in total. The average Bonchev–Trinajstić information content (AvgIpc) is 2.37. The van der Waals surface area contributed by atoms with Gasteiger partial charge in [0.1, 0.15) is 5.75 Å². The fourth-order valence-electron chi connectivity index (χ4n) is 2.02. The summed E-state index contributed by atoms with van der Waals surface area (Å²) in [4.78, 5) is 0. The van der Waals surface area contributed by atoms with Crippen molar-refractivity contribution in [2.45, 2.75) is 33.4 Å². The Hall–Kier alpha value is -1.48. The predicted octanol–water partition coefficient (Wildman–Crippen LogP) is 5.16. The molecule has 0 saturated heterocycles. The van der Waals surface area contributed by atoms with Crippen LogP contribution in [-0.2, 0) is 6.54 Å². The molecule has 2 rings (SSSR count). The Morgan fingerprint density at radius 1 is 1.15 bits per heavy atom. The Labute approximate surface area is 129 Å². The smallest absolute Gasteiger partial charge is 0.120 e. The quantitative estimate of drug-likeness (QED) is 0.816. The molecular weight excluding hydrogens is 314 g/mol. The van der Waals surface area contributed by atoms with E-state index in [9.17, 15) is 0 Å². The zero-order chi connectivity index (χ0) is 14.5. The summed E-state index contributed by atoms with van der Waals surface area (Å²) in [5.41, 5.74) is 3.60. The molecule has 2 aromatic carbocycles. The molecule has 0 heterocycles. The van der Waals surface area contributed by atoms with Gasteiger partial charge in [-0.1, -0.05) is 28.1 Å². The van der Waals surface area contributed by atoms with Crippen molar-refractivity contribution in [3.63, 3.8) is 0 Å². The summed E-state index contributed by atoms with van der Waals surface area (Å²) in [6.07, 6.45) is 0.201. The van der Waals surface area contributed by atoms with Gasteiger partial charge in [-0.25, -0.2) is 0 Å². The molecular formula is C17H20BrNO. The van der Waals surface area contributed by atoms with Crippen molar-refractivity contribution < 1.29 is 4.74 Å². The van der Waals surface area contributed by atoms with Crippen LogP contribution in [0.2, 0.25) is 0 Å². The normalized spacial score (nSPS) is 10.7. The van der Waals surface area contributed by atoms with Crippen LogP contribution < -0.4 is 10.1 Å². The van der Waals surface area contributed by atoms with Gasteiger partial charge in [-0.15, -0.1) is 0 Å². The minimum atomic E-state index is 0.201. The number of benzene rings is 2. The van der Waals surface area contributed by atoms with Crippen molar-refractivity contribution in [1.82, 2.24) is 0 Å². The van der Waals surface area contributed by atoms with Gasteiger partial charge in [-0.3, -0.25) is 0 Å². The molecule has 0 unspecified atom stereocenters. The van der Waals surface area contributed by atoms with Crippen LogP contribution in [0.5, 0.6) is 5.75 Å². The van der Waals surface area contributed by atoms with Crippen LogP contribution in [0.15, 0.2) is 46.9 Å². The Balaban J connectivity index is 2.03. The number of ether oxygens (including phenoxy) is 1. The van der Waals surface area contributed by atoms with Crippen LogP contribution in [0.4, 0.5) is 5.69 Å². The summed E-state index contributed by atoms with van der Waals surface area (Å²) in [7, 11) is 0. The summed E-state index contributed by atoms with van der Waals surface area (Å²) < 4.78 is 6.82. The van der Waals surface area contributed by atoms with Gasteiger partial charge in [-0.05, 0) is 62.2 Å². The van der Waals surface area contributed by atoms with E-state index in [1.807, 2.05) is 32.0 Å². The number of hydrogen-bond donors (Lipinski definition) is 1. The Morgan fingerprint density at radius 2 is 1.95 bits per heavy atom. The zero-order valence-electron chi connectivity index (χ0n) is 12.1. The van der Waals surface area contributed by atoms with Crippen LogP contribution in [0, 0.1) is 6.92 Å². The van der Waals surface area contributed by atoms with Crippen molar-refractivity contribution in [3.8, 4) is 5.75 Å². The third-order valence-corrected chi connectivity index (χ3v) is 3.43. The number of nitrogens with one attached hydrogen (secondary N) is 1. The molecule has 0 atom stereocenters. The maximum Gasteiger partial charge on any atom is 0.120 e. The summed E-state index contributed by atoms with van der Waals surface area (Å²) >= 11 is 3.48. The molecule has 2 aromatic rings. The standard InChI is InChI=1S/C17H20BrNO/c1-12(2)20-16-6-4-5-14(10-16)11-19-17-8-7-15(18)9-13(17)3/h4-10,12,19H,11H2,1-3H3. The molecule has 0 fully saturated rings. The van der Waals surface area contributed by atoms with E-state index in [0.29, 0.717) is 0 Å². The van der Waals surface area contributed by atoms with Gasteiger partial charge in [0.2, 0.25) is 0 Å². The van der Waals surface area contributed by atoms with Crippen molar-refractivity contribution >= 4 is 21.6 Å². The lowest BCUT2D eigenvalue weighted by Crippen LogP contribution is -2.06. The second kappa shape index (κ2) is 6.80. The van der Waals surface area contributed by atoms with E-state index in [-0.39, 0.29) is 6.10 Å². The zero-order valence-corrected chi connectivity index (χ0v) is 13.7. The first-order valence-corrected chi connectivity index (χ1v) is 7.59. The first-order chi connectivity index (χ1) is 9.54. The average molecular weight is 334 g/mol. The topological polar surface area (TPSA) is 21.3 Å². The minimum absolute atomic E-state index is 0.201. The molecule has 1 N–H and O–H groups in total. The maximum atomic E-state index is 5.71. The highest BCUT2D eigenvalue weighted by Crippen LogP contribution is 2.21. The molecule has 20 heavy (non-hydrogen) atoms. The third kappa shape index (κ3) is 4.27. The van der Waals surface area contributed by atoms with Crippen LogP contribution in [0.3, 0.4) is 0 Å². The van der Waals surface area contributed by atoms with Crippen molar-refractivity contribution in [2.75, 3.05) is 5.32 Å². The van der Waals surface area contributed by atoms with E-state index >= 15 is 0 Å². The lowest BCUT2D eigenvalue weighted by molar-refractivity contribution is 0.242. The number of aryl methyl sites for hydroxylation is 1. The van der Waals surface area contributed by atoms with Gasteiger partial charge in [0.15, 0.2) is 0 Å². The Kier molecular flexibility index (Phi) is 5.07. The monoisotopic (exact) mass is 333 g/mol. The van der Waals surface area contributed by atoms with Gasteiger partial charge in [0.25, 0.3) is 0 Å². The molecule has 0 aliphatic heterocycles. The molecule has 3 heteroatoms. The second-order valence-electron chi connectivity index (χ2n) is 5.13. The van der Waals surface area contributed by atoms with Crippen molar-refractivity contribution in [3.05, 3.63) is 58.1 Å². The molecule has 0 aliphatic rings. The summed E-state index contributed by atoms with van der Waals surface area (Å²) in [5.74, 6) is 0.923. The number of hydrogen-bond acceptors (Lipinski definition) is 2. The molecule has 0 saturated carbocycles. The summed E-state index contributed by atoms with van der Waals surface area (Å²) in [6.45, 7) is 6.97. The van der Waals surface area contributed by atoms with Crippen molar-refractivity contribution in [1.29, 1.82) is 0 Å². The molecule has 0 spiro atoms. The van der Waals surface area contributed by atoms with Crippen LogP contribution in [0.1, 0.15) is 25.0 Å². The molecule has 0 aromatic heterocycles. The van der Waals surface area contributed by atoms with Gasteiger partial charge in [-0.2, -0.15) is 0 Å². The van der Waals surface area contributed by atoms with E-state index in [2.05, 4.69) is 52.4 Å². The highest BCUT2D eigenvalue weighted by atomic mass is 79.9. The lowest BCUT2D eigenvalue weighted by atomic mass is 10.1. The van der Waals surface area contributed by atoms with Gasteiger partial charge < -0.3 is 10.1 Å².